The number of pyridine rings is 1. The van der Waals surface area contributed by atoms with Crippen LogP contribution in [-0.4, -0.2) is 56.7 Å². The molecule has 2 aromatic rings. The Morgan fingerprint density at radius 1 is 1.29 bits per heavy atom. The van der Waals surface area contributed by atoms with Crippen LogP contribution in [0, 0.1) is 0 Å². The summed E-state index contributed by atoms with van der Waals surface area (Å²) in [6, 6.07) is 5.46. The first kappa shape index (κ1) is 16.9. The van der Waals surface area contributed by atoms with Crippen LogP contribution in [0.15, 0.2) is 36.8 Å². The van der Waals surface area contributed by atoms with Gasteiger partial charge in [0, 0.05) is 51.3 Å². The standard InChI is InChI=1S/C17H22ClN5O/c1-2-15(23-7-3-6-20-23)17(24)22-10-8-21(9-11-22)13-14-4-5-16(18)19-12-14/h3-7,12,15H,2,8-11,13H2,1H3/t15-/m0/s1. The molecule has 0 aromatic carbocycles. The number of aromatic nitrogens is 3. The van der Waals surface area contributed by atoms with Crippen molar-refractivity contribution in [1.29, 1.82) is 0 Å². The Bertz CT molecular complexity index is 650. The smallest absolute Gasteiger partial charge is 0.247 e. The lowest BCUT2D eigenvalue weighted by atomic mass is 10.1. The van der Waals surface area contributed by atoms with Crippen molar-refractivity contribution in [2.24, 2.45) is 0 Å². The number of nitrogens with zero attached hydrogens (tertiary/aromatic N) is 5. The first-order chi connectivity index (χ1) is 11.7. The highest BCUT2D eigenvalue weighted by Crippen LogP contribution is 2.16. The number of hydrogen-bond acceptors (Lipinski definition) is 4. The SMILES string of the molecule is CC[C@@H](C(=O)N1CCN(Cc2ccc(Cl)nc2)CC1)n1cccn1. The van der Waals surface area contributed by atoms with Gasteiger partial charge in [0.25, 0.3) is 0 Å². The van der Waals surface area contributed by atoms with Crippen LogP contribution >= 0.6 is 11.6 Å². The van der Waals surface area contributed by atoms with Gasteiger partial charge < -0.3 is 4.90 Å². The van der Waals surface area contributed by atoms with E-state index in [-0.39, 0.29) is 11.9 Å². The summed E-state index contributed by atoms with van der Waals surface area (Å²) >= 11 is 5.82. The quantitative estimate of drug-likeness (QED) is 0.778. The molecule has 1 atom stereocenters. The van der Waals surface area contributed by atoms with Gasteiger partial charge in [0.05, 0.1) is 0 Å². The molecule has 0 radical (unpaired) electrons. The van der Waals surface area contributed by atoms with Gasteiger partial charge in [0.1, 0.15) is 11.2 Å². The topological polar surface area (TPSA) is 54.3 Å². The second kappa shape index (κ2) is 7.77. The molecule has 0 unspecified atom stereocenters. The molecule has 0 bridgehead atoms. The molecular weight excluding hydrogens is 326 g/mol. The highest BCUT2D eigenvalue weighted by Gasteiger charge is 2.27. The number of rotatable bonds is 5. The van der Waals surface area contributed by atoms with Crippen LogP contribution in [0.1, 0.15) is 24.9 Å². The zero-order valence-corrected chi connectivity index (χ0v) is 14.6. The molecule has 2 aromatic heterocycles. The maximum absolute atomic E-state index is 12.8. The average Bonchev–Trinajstić information content (AvgIpc) is 3.12. The monoisotopic (exact) mass is 347 g/mol. The highest BCUT2D eigenvalue weighted by atomic mass is 35.5. The molecule has 1 amide bonds. The third-order valence-corrected chi connectivity index (χ3v) is 4.62. The molecule has 1 fully saturated rings. The van der Waals surface area contributed by atoms with Gasteiger partial charge in [-0.25, -0.2) is 4.98 Å². The van der Waals surface area contributed by atoms with E-state index in [2.05, 4.69) is 15.0 Å². The molecule has 3 heterocycles. The molecule has 0 N–H and O–H groups in total. The fourth-order valence-electron chi connectivity index (χ4n) is 3.04. The molecule has 1 saturated heterocycles. The second-order valence-electron chi connectivity index (χ2n) is 6.00. The number of amides is 1. The van der Waals surface area contributed by atoms with Crippen molar-refractivity contribution in [3.8, 4) is 0 Å². The summed E-state index contributed by atoms with van der Waals surface area (Å²) < 4.78 is 1.76. The van der Waals surface area contributed by atoms with E-state index >= 15 is 0 Å². The van der Waals surface area contributed by atoms with Crippen molar-refractivity contribution in [2.45, 2.75) is 25.9 Å². The fourth-order valence-corrected chi connectivity index (χ4v) is 3.15. The molecule has 24 heavy (non-hydrogen) atoms. The molecule has 1 aliphatic rings. The third-order valence-electron chi connectivity index (χ3n) is 4.39. The number of hydrogen-bond donors (Lipinski definition) is 0. The van der Waals surface area contributed by atoms with Crippen LogP contribution in [0.25, 0.3) is 0 Å². The van der Waals surface area contributed by atoms with Crippen LogP contribution in [0.5, 0.6) is 0 Å². The Hall–Kier alpha value is -1.92. The van der Waals surface area contributed by atoms with Crippen molar-refractivity contribution < 1.29 is 4.79 Å². The van der Waals surface area contributed by atoms with Gasteiger partial charge in [-0.2, -0.15) is 5.10 Å². The van der Waals surface area contributed by atoms with E-state index in [1.54, 1.807) is 10.9 Å². The maximum Gasteiger partial charge on any atom is 0.247 e. The summed E-state index contributed by atoms with van der Waals surface area (Å²) in [6.07, 6.45) is 6.13. The minimum Gasteiger partial charge on any atom is -0.338 e. The van der Waals surface area contributed by atoms with E-state index < -0.39 is 0 Å². The van der Waals surface area contributed by atoms with E-state index in [4.69, 9.17) is 11.6 Å². The Labute approximate surface area is 147 Å². The summed E-state index contributed by atoms with van der Waals surface area (Å²) in [4.78, 5) is 21.2. The normalized spacial score (nSPS) is 17.0. The van der Waals surface area contributed by atoms with E-state index in [1.807, 2.05) is 42.4 Å². The summed E-state index contributed by atoms with van der Waals surface area (Å²) in [5.41, 5.74) is 1.14. The van der Waals surface area contributed by atoms with Gasteiger partial charge in [-0.1, -0.05) is 24.6 Å². The Balaban J connectivity index is 1.54. The van der Waals surface area contributed by atoms with Gasteiger partial charge in [-0.3, -0.25) is 14.4 Å². The summed E-state index contributed by atoms with van der Waals surface area (Å²) in [7, 11) is 0. The first-order valence-electron chi connectivity index (χ1n) is 8.28. The van der Waals surface area contributed by atoms with E-state index in [1.165, 1.54) is 0 Å². The van der Waals surface area contributed by atoms with Gasteiger partial charge in [0.2, 0.25) is 5.91 Å². The Morgan fingerprint density at radius 2 is 2.08 bits per heavy atom. The van der Waals surface area contributed by atoms with Crippen LogP contribution in [0.3, 0.4) is 0 Å². The second-order valence-corrected chi connectivity index (χ2v) is 6.39. The lowest BCUT2D eigenvalue weighted by Crippen LogP contribution is -2.50. The molecule has 0 spiro atoms. The fraction of sp³-hybridized carbons (Fsp3) is 0.471. The number of halogens is 1. The summed E-state index contributed by atoms with van der Waals surface area (Å²) in [6.45, 7) is 6.08. The van der Waals surface area contributed by atoms with Crippen molar-refractivity contribution in [1.82, 2.24) is 24.6 Å². The van der Waals surface area contributed by atoms with Crippen molar-refractivity contribution in [3.63, 3.8) is 0 Å². The van der Waals surface area contributed by atoms with Crippen LogP contribution in [-0.2, 0) is 11.3 Å². The van der Waals surface area contributed by atoms with Crippen LogP contribution < -0.4 is 0 Å². The van der Waals surface area contributed by atoms with Crippen molar-refractivity contribution in [2.75, 3.05) is 26.2 Å². The van der Waals surface area contributed by atoms with Crippen LogP contribution in [0.2, 0.25) is 5.15 Å². The minimum atomic E-state index is -0.202. The van der Waals surface area contributed by atoms with E-state index in [0.29, 0.717) is 5.15 Å². The zero-order valence-electron chi connectivity index (χ0n) is 13.8. The van der Waals surface area contributed by atoms with Crippen LogP contribution in [0.4, 0.5) is 0 Å². The molecule has 128 valence electrons. The number of piperazine rings is 1. The summed E-state index contributed by atoms with van der Waals surface area (Å²) in [5.74, 6) is 0.161. The molecule has 6 nitrogen and oxygen atoms in total. The van der Waals surface area contributed by atoms with E-state index in [0.717, 1.165) is 44.7 Å². The molecular formula is C17H22ClN5O. The predicted molar refractivity (Wildman–Crippen MR) is 92.7 cm³/mol. The Kier molecular flexibility index (Phi) is 5.48. The average molecular weight is 348 g/mol. The Morgan fingerprint density at radius 3 is 2.67 bits per heavy atom. The summed E-state index contributed by atoms with van der Waals surface area (Å²) in [5, 5.41) is 4.73. The van der Waals surface area contributed by atoms with Gasteiger partial charge in [-0.15, -0.1) is 0 Å². The largest absolute Gasteiger partial charge is 0.338 e. The van der Waals surface area contributed by atoms with Crippen molar-refractivity contribution >= 4 is 17.5 Å². The molecule has 0 saturated carbocycles. The molecule has 3 rings (SSSR count). The molecule has 7 heteroatoms. The van der Waals surface area contributed by atoms with Crippen molar-refractivity contribution in [3.05, 3.63) is 47.5 Å². The van der Waals surface area contributed by atoms with Gasteiger partial charge >= 0.3 is 0 Å². The third kappa shape index (κ3) is 3.94. The maximum atomic E-state index is 12.8. The molecule has 1 aliphatic heterocycles. The zero-order chi connectivity index (χ0) is 16.9. The highest BCUT2D eigenvalue weighted by molar-refractivity contribution is 6.29. The lowest BCUT2D eigenvalue weighted by molar-refractivity contribution is -0.137. The number of carbonyl (C=O) groups is 1. The molecule has 0 aliphatic carbocycles. The van der Waals surface area contributed by atoms with Gasteiger partial charge in [-0.05, 0) is 24.1 Å². The van der Waals surface area contributed by atoms with E-state index in [9.17, 15) is 4.79 Å². The first-order valence-corrected chi connectivity index (χ1v) is 8.66. The minimum absolute atomic E-state index is 0.161. The lowest BCUT2D eigenvalue weighted by Gasteiger charge is -2.36. The number of carbonyl (C=O) groups excluding carboxylic acids is 1. The predicted octanol–water partition coefficient (Wildman–Crippen LogP) is 2.23. The van der Waals surface area contributed by atoms with Gasteiger partial charge in [0.15, 0.2) is 0 Å².